The molecule has 1 aromatic rings. The summed E-state index contributed by atoms with van der Waals surface area (Å²) in [5, 5.41) is 14.1. The van der Waals surface area contributed by atoms with Gasteiger partial charge in [-0.15, -0.1) is 0 Å². The minimum atomic E-state index is -0.502. The number of halogens is 1. The molecule has 0 atom stereocenters. The van der Waals surface area contributed by atoms with E-state index in [1.807, 2.05) is 0 Å². The molecule has 21 heavy (non-hydrogen) atoms. The van der Waals surface area contributed by atoms with Crippen LogP contribution in [-0.4, -0.2) is 48.5 Å². The molecule has 1 amide bonds. The zero-order valence-corrected chi connectivity index (χ0v) is 13.0. The van der Waals surface area contributed by atoms with Crippen LogP contribution in [-0.2, 0) is 4.79 Å². The molecule has 2 rings (SSSR count). The molecule has 0 bridgehead atoms. The third kappa shape index (κ3) is 4.40. The zero-order chi connectivity index (χ0) is 15.2. The predicted molar refractivity (Wildman–Crippen MR) is 80.4 cm³/mol. The van der Waals surface area contributed by atoms with Crippen molar-refractivity contribution in [2.24, 2.45) is 0 Å². The minimum absolute atomic E-state index is 0.0104. The van der Waals surface area contributed by atoms with E-state index in [4.69, 9.17) is 4.74 Å². The smallest absolute Gasteiger partial charge is 0.312 e. The molecule has 1 aliphatic rings. The van der Waals surface area contributed by atoms with Gasteiger partial charge in [0.2, 0.25) is 5.91 Å². The number of carbonyl (C=O) groups is 1. The number of rotatable bonds is 5. The number of nitro benzene ring substituents is 1. The minimum Gasteiger partial charge on any atom is -0.486 e. The van der Waals surface area contributed by atoms with Crippen molar-refractivity contribution in [1.82, 2.24) is 10.2 Å². The largest absolute Gasteiger partial charge is 0.486 e. The average molecular weight is 358 g/mol. The molecule has 1 fully saturated rings. The Balaban J connectivity index is 1.88. The normalized spacial score (nSPS) is 14.8. The first-order chi connectivity index (χ1) is 10.1. The van der Waals surface area contributed by atoms with E-state index in [0.29, 0.717) is 17.6 Å². The number of carbonyl (C=O) groups excluding carboxylic acids is 1. The molecular formula is C13H16BrN3O4. The summed E-state index contributed by atoms with van der Waals surface area (Å²) in [5.74, 6) is 0.188. The summed E-state index contributed by atoms with van der Waals surface area (Å²) in [6.07, 6.45) is 0.215. The van der Waals surface area contributed by atoms with Crippen molar-refractivity contribution in [3.63, 3.8) is 0 Å². The third-order valence-corrected chi connectivity index (χ3v) is 3.65. The van der Waals surface area contributed by atoms with Crippen molar-refractivity contribution in [2.75, 3.05) is 32.8 Å². The highest BCUT2D eigenvalue weighted by molar-refractivity contribution is 9.10. The Kier molecular flexibility index (Phi) is 5.51. The van der Waals surface area contributed by atoms with Gasteiger partial charge in [-0.1, -0.05) is 15.9 Å². The van der Waals surface area contributed by atoms with E-state index in [1.165, 1.54) is 12.1 Å². The summed E-state index contributed by atoms with van der Waals surface area (Å²) in [6.45, 7) is 3.11. The lowest BCUT2D eigenvalue weighted by atomic mass is 10.3. The van der Waals surface area contributed by atoms with Crippen LogP contribution in [0.3, 0.4) is 0 Å². The highest BCUT2D eigenvalue weighted by atomic mass is 79.9. The summed E-state index contributed by atoms with van der Waals surface area (Å²) in [7, 11) is 0. The Morgan fingerprint density at radius 1 is 1.43 bits per heavy atom. The summed E-state index contributed by atoms with van der Waals surface area (Å²) < 4.78 is 6.00. The van der Waals surface area contributed by atoms with E-state index >= 15 is 0 Å². The maximum Gasteiger partial charge on any atom is 0.312 e. The van der Waals surface area contributed by atoms with Crippen molar-refractivity contribution >= 4 is 27.5 Å². The number of nitrogens with zero attached hydrogens (tertiary/aromatic N) is 2. The van der Waals surface area contributed by atoms with Crippen LogP contribution in [0.4, 0.5) is 5.69 Å². The first-order valence-corrected chi connectivity index (χ1v) is 7.42. The van der Waals surface area contributed by atoms with Gasteiger partial charge in [-0.05, 0) is 12.1 Å². The van der Waals surface area contributed by atoms with Gasteiger partial charge in [0.1, 0.15) is 0 Å². The lowest BCUT2D eigenvalue weighted by Gasteiger charge is -2.27. The second kappa shape index (κ2) is 7.37. The maximum absolute atomic E-state index is 11.9. The van der Waals surface area contributed by atoms with Gasteiger partial charge in [0, 0.05) is 36.7 Å². The van der Waals surface area contributed by atoms with E-state index < -0.39 is 4.92 Å². The molecule has 7 nitrogen and oxygen atoms in total. The van der Waals surface area contributed by atoms with Crippen molar-refractivity contribution in [1.29, 1.82) is 0 Å². The van der Waals surface area contributed by atoms with Crippen molar-refractivity contribution in [3.05, 3.63) is 32.8 Å². The number of nitrogens with one attached hydrogen (secondary N) is 1. The average Bonchev–Trinajstić information content (AvgIpc) is 2.49. The topological polar surface area (TPSA) is 84.7 Å². The fraction of sp³-hybridized carbons (Fsp3) is 0.462. The summed E-state index contributed by atoms with van der Waals surface area (Å²) in [6, 6.07) is 4.57. The van der Waals surface area contributed by atoms with E-state index in [9.17, 15) is 14.9 Å². The lowest BCUT2D eigenvalue weighted by Crippen LogP contribution is -2.46. The Morgan fingerprint density at radius 2 is 2.14 bits per heavy atom. The molecule has 1 N–H and O–H groups in total. The Bertz CT molecular complexity index is 532. The highest BCUT2D eigenvalue weighted by Gasteiger charge is 2.18. The fourth-order valence-electron chi connectivity index (χ4n) is 2.08. The Labute approximate surface area is 130 Å². The van der Waals surface area contributed by atoms with Crippen molar-refractivity contribution in [2.45, 2.75) is 6.42 Å². The fourth-order valence-corrected chi connectivity index (χ4v) is 2.42. The number of nitro groups is 1. The molecule has 8 heteroatoms. The van der Waals surface area contributed by atoms with Crippen LogP contribution < -0.4 is 10.1 Å². The number of amides is 1. The number of ether oxygens (including phenoxy) is 1. The van der Waals surface area contributed by atoms with Gasteiger partial charge < -0.3 is 15.0 Å². The quantitative estimate of drug-likeness (QED) is 0.638. The van der Waals surface area contributed by atoms with Crippen LogP contribution in [0.1, 0.15) is 6.42 Å². The molecule has 0 unspecified atom stereocenters. The van der Waals surface area contributed by atoms with Gasteiger partial charge in [0.15, 0.2) is 5.75 Å². The number of hydrogen-bond donors (Lipinski definition) is 1. The summed E-state index contributed by atoms with van der Waals surface area (Å²) >= 11 is 3.18. The van der Waals surface area contributed by atoms with Gasteiger partial charge in [0.25, 0.3) is 0 Å². The highest BCUT2D eigenvalue weighted by Crippen LogP contribution is 2.30. The molecule has 1 heterocycles. The van der Waals surface area contributed by atoms with Crippen LogP contribution in [0.2, 0.25) is 0 Å². The second-order valence-electron chi connectivity index (χ2n) is 4.60. The SMILES string of the molecule is O=C(CCOc1ccc(Br)cc1[N+](=O)[O-])N1CCNCC1. The lowest BCUT2D eigenvalue weighted by molar-refractivity contribution is -0.385. The monoisotopic (exact) mass is 357 g/mol. The van der Waals surface area contributed by atoms with E-state index in [-0.39, 0.29) is 30.4 Å². The van der Waals surface area contributed by atoms with Crippen molar-refractivity contribution < 1.29 is 14.5 Å². The van der Waals surface area contributed by atoms with Gasteiger partial charge in [0.05, 0.1) is 18.0 Å². The van der Waals surface area contributed by atoms with Gasteiger partial charge in [-0.3, -0.25) is 14.9 Å². The van der Waals surface area contributed by atoms with E-state index in [2.05, 4.69) is 21.2 Å². The molecule has 0 radical (unpaired) electrons. The second-order valence-corrected chi connectivity index (χ2v) is 5.51. The zero-order valence-electron chi connectivity index (χ0n) is 11.4. The molecule has 1 aliphatic heterocycles. The van der Waals surface area contributed by atoms with Crippen LogP contribution >= 0.6 is 15.9 Å². The molecule has 1 aromatic carbocycles. The Hall–Kier alpha value is -1.67. The standard InChI is InChI=1S/C13H16BrN3O4/c14-10-1-2-12(11(9-10)17(19)20)21-8-3-13(18)16-6-4-15-5-7-16/h1-2,9,15H,3-8H2. The first kappa shape index (κ1) is 15.7. The Morgan fingerprint density at radius 3 is 2.81 bits per heavy atom. The van der Waals surface area contributed by atoms with E-state index in [1.54, 1.807) is 11.0 Å². The van der Waals surface area contributed by atoms with Gasteiger partial charge >= 0.3 is 5.69 Å². The maximum atomic E-state index is 11.9. The van der Waals surface area contributed by atoms with Crippen LogP contribution in [0.5, 0.6) is 5.75 Å². The molecule has 0 aliphatic carbocycles. The summed E-state index contributed by atoms with van der Waals surface area (Å²) in [4.78, 5) is 24.2. The third-order valence-electron chi connectivity index (χ3n) is 3.16. The van der Waals surface area contributed by atoms with Gasteiger partial charge in [-0.2, -0.15) is 0 Å². The van der Waals surface area contributed by atoms with E-state index in [0.717, 1.165) is 13.1 Å². The van der Waals surface area contributed by atoms with Gasteiger partial charge in [-0.25, -0.2) is 0 Å². The molecular weight excluding hydrogens is 342 g/mol. The van der Waals surface area contributed by atoms with Crippen LogP contribution in [0.25, 0.3) is 0 Å². The van der Waals surface area contributed by atoms with Crippen LogP contribution in [0.15, 0.2) is 22.7 Å². The first-order valence-electron chi connectivity index (χ1n) is 6.63. The van der Waals surface area contributed by atoms with Crippen molar-refractivity contribution in [3.8, 4) is 5.75 Å². The molecule has 0 aromatic heterocycles. The van der Waals surface area contributed by atoms with Crippen LogP contribution in [0, 0.1) is 10.1 Å². The number of hydrogen-bond acceptors (Lipinski definition) is 5. The summed E-state index contributed by atoms with van der Waals surface area (Å²) in [5.41, 5.74) is -0.112. The molecule has 0 saturated carbocycles. The number of piperazine rings is 1. The predicted octanol–water partition coefficient (Wildman–Crippen LogP) is 1.56. The molecule has 0 spiro atoms. The molecule has 114 valence electrons. The molecule has 1 saturated heterocycles. The number of benzene rings is 1.